The van der Waals surface area contributed by atoms with Gasteiger partial charge in [-0.05, 0) is 83.9 Å². The Hall–Kier alpha value is -6.68. The van der Waals surface area contributed by atoms with Crippen LogP contribution in [0.2, 0.25) is 0 Å². The van der Waals surface area contributed by atoms with Crippen LogP contribution in [0.4, 0.5) is 0 Å². The summed E-state index contributed by atoms with van der Waals surface area (Å²) < 4.78 is 4.25. The summed E-state index contributed by atoms with van der Waals surface area (Å²) in [6.07, 6.45) is 3.53. The Labute approximate surface area is 252 Å². The highest BCUT2D eigenvalue weighted by Crippen LogP contribution is 2.40. The van der Waals surface area contributed by atoms with Gasteiger partial charge in [0, 0.05) is 33.9 Å². The molecule has 0 aliphatic heterocycles. The zero-order valence-electron chi connectivity index (χ0n) is 23.2. The second kappa shape index (κ2) is 9.71. The predicted octanol–water partition coefficient (Wildman–Crippen LogP) is 8.56. The maximum Gasteiger partial charge on any atom is 0.104 e. The molecule has 44 heavy (non-hydrogen) atoms. The summed E-state index contributed by atoms with van der Waals surface area (Å²) in [6.45, 7) is 0. The molecule has 0 bridgehead atoms. The second-order valence-electron chi connectivity index (χ2n) is 10.6. The molecule has 0 N–H and O–H groups in total. The van der Waals surface area contributed by atoms with Crippen molar-refractivity contribution in [1.82, 2.24) is 14.1 Å². The van der Waals surface area contributed by atoms with Crippen LogP contribution in [0.25, 0.3) is 66.1 Å². The summed E-state index contributed by atoms with van der Waals surface area (Å²) in [4.78, 5) is 4.23. The number of nitrogens with zero attached hydrogens (tertiary/aromatic N) is 6. The molecular weight excluding hydrogens is 540 g/mol. The molecule has 6 heteroatoms. The number of benzene rings is 5. The number of para-hydroxylation sites is 2. The molecule has 202 valence electrons. The van der Waals surface area contributed by atoms with Gasteiger partial charge in [0.15, 0.2) is 0 Å². The first kappa shape index (κ1) is 25.1. The Morgan fingerprint density at radius 3 is 1.41 bits per heavy atom. The fourth-order valence-electron chi connectivity index (χ4n) is 6.39. The van der Waals surface area contributed by atoms with Gasteiger partial charge in [-0.15, -0.1) is 0 Å². The Kier molecular flexibility index (Phi) is 5.53. The van der Waals surface area contributed by atoms with E-state index in [-0.39, 0.29) is 0 Å². The van der Waals surface area contributed by atoms with E-state index in [1.807, 2.05) is 84.9 Å². The number of nitriles is 3. The average molecular weight is 561 g/mol. The van der Waals surface area contributed by atoms with Crippen LogP contribution in [0, 0.1) is 34.0 Å². The van der Waals surface area contributed by atoms with E-state index < -0.39 is 0 Å². The third-order valence-corrected chi connectivity index (χ3v) is 8.31. The Morgan fingerprint density at radius 2 is 0.932 bits per heavy atom. The highest BCUT2D eigenvalue weighted by Gasteiger charge is 2.22. The van der Waals surface area contributed by atoms with Crippen LogP contribution in [0.1, 0.15) is 16.7 Å². The van der Waals surface area contributed by atoms with Gasteiger partial charge in [0.2, 0.25) is 0 Å². The number of aromatic nitrogens is 3. The zero-order chi connectivity index (χ0) is 29.8. The van der Waals surface area contributed by atoms with E-state index in [2.05, 4.69) is 56.6 Å². The van der Waals surface area contributed by atoms with Crippen molar-refractivity contribution in [3.63, 3.8) is 0 Å². The van der Waals surface area contributed by atoms with Crippen LogP contribution in [0.5, 0.6) is 0 Å². The first-order valence-electron chi connectivity index (χ1n) is 14.1. The molecule has 0 atom stereocenters. The monoisotopic (exact) mass is 560 g/mol. The van der Waals surface area contributed by atoms with Crippen molar-refractivity contribution < 1.29 is 0 Å². The summed E-state index contributed by atoms with van der Waals surface area (Å²) >= 11 is 0. The van der Waals surface area contributed by atoms with Crippen LogP contribution in [-0.2, 0) is 0 Å². The van der Waals surface area contributed by atoms with E-state index in [0.717, 1.165) is 66.1 Å². The number of fused-ring (bicyclic) bond motifs is 6. The van der Waals surface area contributed by atoms with E-state index in [0.29, 0.717) is 16.7 Å². The number of rotatable bonds is 3. The summed E-state index contributed by atoms with van der Waals surface area (Å²) in [7, 11) is 0. The van der Waals surface area contributed by atoms with Crippen LogP contribution < -0.4 is 0 Å². The lowest BCUT2D eigenvalue weighted by Crippen LogP contribution is -2.05. The normalized spacial score (nSPS) is 11.1. The molecule has 8 aromatic rings. The summed E-state index contributed by atoms with van der Waals surface area (Å²) in [6, 6.07) is 42.7. The molecule has 8 rings (SSSR count). The van der Waals surface area contributed by atoms with Gasteiger partial charge in [0.25, 0.3) is 0 Å². The minimum absolute atomic E-state index is 0.502. The lowest BCUT2D eigenvalue weighted by atomic mass is 10.0. The molecule has 0 amide bonds. The van der Waals surface area contributed by atoms with Crippen LogP contribution >= 0.6 is 0 Å². The van der Waals surface area contributed by atoms with Crippen molar-refractivity contribution in [3.05, 3.63) is 138 Å². The molecule has 0 saturated heterocycles. The van der Waals surface area contributed by atoms with Gasteiger partial charge in [-0.2, -0.15) is 15.8 Å². The summed E-state index contributed by atoms with van der Waals surface area (Å²) in [5, 5.41) is 34.1. The minimum atomic E-state index is 0.502. The van der Waals surface area contributed by atoms with Crippen LogP contribution in [0.15, 0.2) is 122 Å². The van der Waals surface area contributed by atoms with Gasteiger partial charge < -0.3 is 9.13 Å². The molecule has 0 saturated carbocycles. The van der Waals surface area contributed by atoms with Crippen molar-refractivity contribution in [2.45, 2.75) is 0 Å². The van der Waals surface area contributed by atoms with Crippen molar-refractivity contribution in [3.8, 4) is 40.7 Å². The van der Waals surface area contributed by atoms with Crippen molar-refractivity contribution in [2.75, 3.05) is 0 Å². The number of pyridine rings is 1. The standard InChI is InChI=1S/C38H20N6/c39-21-24-9-11-35-30(17-24)28-5-1-3-7-33(28)43(35)37-19-27(26-13-15-42-16-14-26)20-38(32(37)23-41)44-34-8-4-2-6-29(34)31-18-25(22-40)10-12-36(31)44/h1-20H. The molecule has 0 aliphatic carbocycles. The predicted molar refractivity (Wildman–Crippen MR) is 172 cm³/mol. The van der Waals surface area contributed by atoms with Crippen molar-refractivity contribution in [1.29, 1.82) is 15.8 Å². The molecule has 0 fully saturated rings. The molecule has 0 aliphatic rings. The van der Waals surface area contributed by atoms with Crippen LogP contribution in [-0.4, -0.2) is 14.1 Å². The van der Waals surface area contributed by atoms with Crippen LogP contribution in [0.3, 0.4) is 0 Å². The van der Waals surface area contributed by atoms with E-state index in [9.17, 15) is 15.8 Å². The lowest BCUT2D eigenvalue weighted by molar-refractivity contribution is 1.12. The van der Waals surface area contributed by atoms with Crippen molar-refractivity contribution in [2.24, 2.45) is 0 Å². The second-order valence-corrected chi connectivity index (χ2v) is 10.6. The number of hydrogen-bond donors (Lipinski definition) is 0. The molecule has 5 aromatic carbocycles. The van der Waals surface area contributed by atoms with Gasteiger partial charge in [-0.1, -0.05) is 36.4 Å². The minimum Gasteiger partial charge on any atom is -0.308 e. The van der Waals surface area contributed by atoms with Crippen molar-refractivity contribution >= 4 is 43.6 Å². The Morgan fingerprint density at radius 1 is 0.455 bits per heavy atom. The van der Waals surface area contributed by atoms with E-state index >= 15 is 0 Å². The molecule has 0 unspecified atom stereocenters. The largest absolute Gasteiger partial charge is 0.308 e. The molecule has 0 spiro atoms. The van der Waals surface area contributed by atoms with Gasteiger partial charge >= 0.3 is 0 Å². The van der Waals surface area contributed by atoms with E-state index in [4.69, 9.17) is 0 Å². The van der Waals surface area contributed by atoms with E-state index in [1.54, 1.807) is 12.4 Å². The molecular formula is C38H20N6. The maximum atomic E-state index is 10.9. The zero-order valence-corrected chi connectivity index (χ0v) is 23.2. The smallest absolute Gasteiger partial charge is 0.104 e. The maximum absolute atomic E-state index is 10.9. The first-order valence-corrected chi connectivity index (χ1v) is 14.1. The fraction of sp³-hybridized carbons (Fsp3) is 0. The summed E-state index contributed by atoms with van der Waals surface area (Å²) in [5.41, 5.74) is 8.69. The van der Waals surface area contributed by atoms with Gasteiger partial charge in [-0.3, -0.25) is 4.98 Å². The first-order chi connectivity index (χ1) is 21.7. The average Bonchev–Trinajstić information content (AvgIpc) is 3.60. The molecule has 6 nitrogen and oxygen atoms in total. The van der Waals surface area contributed by atoms with Gasteiger partial charge in [0.1, 0.15) is 11.6 Å². The third kappa shape index (κ3) is 3.61. The number of hydrogen-bond acceptors (Lipinski definition) is 4. The molecule has 3 heterocycles. The quantitative estimate of drug-likeness (QED) is 0.216. The third-order valence-electron chi connectivity index (χ3n) is 8.31. The highest BCUT2D eigenvalue weighted by atomic mass is 15.0. The van der Waals surface area contributed by atoms with E-state index in [1.165, 1.54) is 0 Å². The lowest BCUT2D eigenvalue weighted by Gasteiger charge is -2.18. The highest BCUT2D eigenvalue weighted by molar-refractivity contribution is 6.11. The van der Waals surface area contributed by atoms with Gasteiger partial charge in [-0.25, -0.2) is 0 Å². The Balaban J connectivity index is 1.56. The SMILES string of the molecule is N#Cc1ccc2c(c1)c1ccccc1n2-c1cc(-c2ccncc2)cc(-n2c3ccccc3c3cc(C#N)ccc32)c1C#N. The van der Waals surface area contributed by atoms with Gasteiger partial charge in [0.05, 0.1) is 56.7 Å². The molecule has 0 radical (unpaired) electrons. The molecule has 3 aromatic heterocycles. The topological polar surface area (TPSA) is 94.1 Å². The fourth-order valence-corrected chi connectivity index (χ4v) is 6.39. The summed E-state index contributed by atoms with van der Waals surface area (Å²) in [5.74, 6) is 0. The Bertz CT molecular complexity index is 2430.